The molecule has 35 heavy (non-hydrogen) atoms. The number of rotatable bonds is 1. The maximum atomic E-state index is 13.2. The van der Waals surface area contributed by atoms with Gasteiger partial charge in [0.15, 0.2) is 11.3 Å². The number of hydrazine groups is 1. The van der Waals surface area contributed by atoms with Gasteiger partial charge in [0.25, 0.3) is 11.8 Å². The Morgan fingerprint density at radius 3 is 2.54 bits per heavy atom. The molecule has 0 aliphatic carbocycles. The summed E-state index contributed by atoms with van der Waals surface area (Å²) in [5.74, 6) is 4.76. The van der Waals surface area contributed by atoms with Gasteiger partial charge >= 0.3 is 0 Å². The summed E-state index contributed by atoms with van der Waals surface area (Å²) in [5.41, 5.74) is 3.75. The highest BCUT2D eigenvalue weighted by Crippen LogP contribution is 2.57. The van der Waals surface area contributed by atoms with E-state index in [1.54, 1.807) is 6.92 Å². The Labute approximate surface area is 198 Å². The van der Waals surface area contributed by atoms with Gasteiger partial charge in [-0.25, -0.2) is 5.84 Å². The molecule has 1 saturated heterocycles. The van der Waals surface area contributed by atoms with E-state index < -0.39 is 23.5 Å². The molecule has 9 nitrogen and oxygen atoms in total. The summed E-state index contributed by atoms with van der Waals surface area (Å²) in [4.78, 5) is 26.3. The van der Waals surface area contributed by atoms with E-state index >= 15 is 0 Å². The van der Waals surface area contributed by atoms with Gasteiger partial charge < -0.3 is 24.3 Å². The average Bonchev–Trinajstić information content (AvgIpc) is 3.55. The zero-order valence-corrected chi connectivity index (χ0v) is 18.8. The lowest BCUT2D eigenvalue weighted by atomic mass is 9.88. The fourth-order valence-corrected chi connectivity index (χ4v) is 6.87. The summed E-state index contributed by atoms with van der Waals surface area (Å²) < 4.78 is 10.6. The molecule has 2 bridgehead atoms. The number of aliphatic hydroxyl groups is 1. The minimum absolute atomic E-state index is 0.00295. The van der Waals surface area contributed by atoms with Gasteiger partial charge in [0.2, 0.25) is 0 Å². The molecule has 2 amide bonds. The Morgan fingerprint density at radius 1 is 1.11 bits per heavy atom. The van der Waals surface area contributed by atoms with E-state index in [0.29, 0.717) is 12.1 Å². The quantitative estimate of drug-likeness (QED) is 0.171. The highest BCUT2D eigenvalue weighted by Gasteiger charge is 2.64. The number of amides is 2. The van der Waals surface area contributed by atoms with Crippen molar-refractivity contribution >= 4 is 55.4 Å². The van der Waals surface area contributed by atoms with Crippen LogP contribution in [0.4, 0.5) is 0 Å². The summed E-state index contributed by atoms with van der Waals surface area (Å²) in [6.07, 6.45) is -0.661. The van der Waals surface area contributed by atoms with Gasteiger partial charge in [-0.05, 0) is 24.6 Å². The van der Waals surface area contributed by atoms with Crippen molar-refractivity contribution in [3.05, 3.63) is 59.7 Å². The van der Waals surface area contributed by atoms with Crippen molar-refractivity contribution in [1.82, 2.24) is 19.9 Å². The summed E-state index contributed by atoms with van der Waals surface area (Å²) in [7, 11) is 0. The van der Waals surface area contributed by atoms with Crippen LogP contribution in [-0.2, 0) is 21.8 Å². The fraction of sp³-hybridized carbons (Fsp3) is 0.231. The maximum absolute atomic E-state index is 13.2. The van der Waals surface area contributed by atoms with E-state index in [2.05, 4.69) is 10.7 Å². The Kier molecular flexibility index (Phi) is 3.23. The highest BCUT2D eigenvalue weighted by atomic mass is 16.6. The Balaban J connectivity index is 1.73. The van der Waals surface area contributed by atoms with Crippen LogP contribution in [0.2, 0.25) is 0 Å². The molecule has 0 spiro atoms. The molecule has 5 N–H and O–H groups in total. The van der Waals surface area contributed by atoms with E-state index in [9.17, 15) is 14.7 Å². The van der Waals surface area contributed by atoms with Gasteiger partial charge in [0, 0.05) is 34.5 Å². The largest absolute Gasteiger partial charge is 0.376 e. The van der Waals surface area contributed by atoms with Crippen LogP contribution in [0.1, 0.15) is 35.5 Å². The second-order valence-electron chi connectivity index (χ2n) is 9.82. The van der Waals surface area contributed by atoms with Gasteiger partial charge in [-0.15, -0.1) is 0 Å². The van der Waals surface area contributed by atoms with Crippen molar-refractivity contribution in [2.45, 2.75) is 37.4 Å². The van der Waals surface area contributed by atoms with Crippen molar-refractivity contribution in [1.29, 1.82) is 0 Å². The Hall–Kier alpha value is -3.92. The van der Waals surface area contributed by atoms with Gasteiger partial charge in [-0.3, -0.25) is 15.0 Å². The SMILES string of the molecule is C[C@]12O[C@H](C[C@]1(O)C(=O)NN)n1c3ccccc3c3c4c(c5c6ccccc6n2c5c31)CNC4=O. The normalized spacial score (nSPS) is 26.7. The molecule has 0 saturated carbocycles. The number of nitrogens with one attached hydrogen (secondary N) is 2. The Morgan fingerprint density at radius 2 is 1.80 bits per heavy atom. The van der Waals surface area contributed by atoms with E-state index in [-0.39, 0.29) is 12.3 Å². The summed E-state index contributed by atoms with van der Waals surface area (Å²) in [5, 5.41) is 18.6. The van der Waals surface area contributed by atoms with Crippen LogP contribution < -0.4 is 16.6 Å². The molecule has 2 aromatic heterocycles. The third kappa shape index (κ3) is 1.89. The lowest BCUT2D eigenvalue weighted by Gasteiger charge is -2.38. The topological polar surface area (TPSA) is 124 Å². The monoisotopic (exact) mass is 467 g/mol. The van der Waals surface area contributed by atoms with Crippen molar-refractivity contribution in [2.24, 2.45) is 5.84 Å². The van der Waals surface area contributed by atoms with Crippen LogP contribution in [0.25, 0.3) is 43.6 Å². The molecule has 0 unspecified atom stereocenters. The molecule has 3 aromatic carbocycles. The molecule has 1 fully saturated rings. The number of aromatic nitrogens is 2. The average molecular weight is 467 g/mol. The standard InChI is InChI=1S/C26H21N5O4/c1-25-26(34,24(33)29-27)10-17(35-25)30-15-8-4-2-6-12(15)19-20-14(11-28-23(20)32)18-13-7-3-5-9-16(13)31(25)22(18)21(19)30/h2-9,17,34H,10-11,27H2,1H3,(H,28,32)(H,29,33)/t17-,25+,26+/m1/s1. The number of nitrogens with zero attached hydrogens (tertiary/aromatic N) is 2. The number of carbonyl (C=O) groups excluding carboxylic acids is 2. The summed E-state index contributed by atoms with van der Waals surface area (Å²) in [6.45, 7) is 2.15. The van der Waals surface area contributed by atoms with Crippen molar-refractivity contribution < 1.29 is 19.4 Å². The first kappa shape index (κ1) is 19.4. The first-order chi connectivity index (χ1) is 16.9. The molecule has 3 atom stereocenters. The zero-order chi connectivity index (χ0) is 23.9. The third-order valence-corrected chi connectivity index (χ3v) is 8.34. The molecule has 3 aliphatic heterocycles. The number of para-hydroxylation sites is 2. The first-order valence-corrected chi connectivity index (χ1v) is 11.6. The van der Waals surface area contributed by atoms with Crippen LogP contribution in [0.5, 0.6) is 0 Å². The molecule has 5 aromatic rings. The highest BCUT2D eigenvalue weighted by molar-refractivity contribution is 6.31. The number of ether oxygens (including phenoxy) is 1. The van der Waals surface area contributed by atoms with Gasteiger partial charge in [-0.2, -0.15) is 0 Å². The first-order valence-electron chi connectivity index (χ1n) is 11.6. The molecular weight excluding hydrogens is 446 g/mol. The number of nitrogens with two attached hydrogens (primary N) is 1. The number of benzene rings is 3. The molecule has 9 heteroatoms. The van der Waals surface area contributed by atoms with Crippen LogP contribution in [0.15, 0.2) is 48.5 Å². The van der Waals surface area contributed by atoms with E-state index in [1.165, 1.54) is 0 Å². The number of carbonyl (C=O) groups is 2. The number of hydrogen-bond donors (Lipinski definition) is 4. The molecular formula is C26H21N5O4. The second kappa shape index (κ2) is 5.83. The van der Waals surface area contributed by atoms with Crippen molar-refractivity contribution in [3.8, 4) is 0 Å². The van der Waals surface area contributed by atoms with E-state index in [0.717, 1.165) is 49.2 Å². The lowest BCUT2D eigenvalue weighted by molar-refractivity contribution is -0.187. The molecule has 8 rings (SSSR count). The Bertz CT molecular complexity index is 1830. The summed E-state index contributed by atoms with van der Waals surface area (Å²) >= 11 is 0. The summed E-state index contributed by atoms with van der Waals surface area (Å²) in [6, 6.07) is 15.7. The zero-order valence-electron chi connectivity index (χ0n) is 18.8. The second-order valence-corrected chi connectivity index (χ2v) is 9.82. The minimum Gasteiger partial charge on any atom is -0.376 e. The van der Waals surface area contributed by atoms with Crippen LogP contribution >= 0.6 is 0 Å². The third-order valence-electron chi connectivity index (χ3n) is 8.34. The molecule has 0 radical (unpaired) electrons. The van der Waals surface area contributed by atoms with Crippen LogP contribution in [-0.4, -0.2) is 31.7 Å². The maximum Gasteiger partial charge on any atom is 0.271 e. The predicted octanol–water partition coefficient (Wildman–Crippen LogP) is 2.47. The molecule has 5 heterocycles. The van der Waals surface area contributed by atoms with Gasteiger partial charge in [0.05, 0.1) is 27.6 Å². The minimum atomic E-state index is -1.94. The molecule has 3 aliphatic rings. The smallest absolute Gasteiger partial charge is 0.271 e. The van der Waals surface area contributed by atoms with Crippen LogP contribution in [0.3, 0.4) is 0 Å². The van der Waals surface area contributed by atoms with E-state index in [4.69, 9.17) is 10.6 Å². The fourth-order valence-electron chi connectivity index (χ4n) is 6.87. The number of fused-ring (bicyclic) bond motifs is 13. The van der Waals surface area contributed by atoms with Gasteiger partial charge in [0.1, 0.15) is 6.23 Å². The van der Waals surface area contributed by atoms with Gasteiger partial charge in [-0.1, -0.05) is 36.4 Å². The van der Waals surface area contributed by atoms with Crippen molar-refractivity contribution in [3.63, 3.8) is 0 Å². The lowest BCUT2D eigenvalue weighted by Crippen LogP contribution is -2.60. The van der Waals surface area contributed by atoms with Crippen molar-refractivity contribution in [2.75, 3.05) is 0 Å². The molecule has 174 valence electrons. The predicted molar refractivity (Wildman–Crippen MR) is 129 cm³/mol. The van der Waals surface area contributed by atoms with E-state index in [1.807, 2.05) is 57.7 Å². The van der Waals surface area contributed by atoms with Crippen LogP contribution in [0, 0.1) is 0 Å². The number of hydrogen-bond acceptors (Lipinski definition) is 5.